The van der Waals surface area contributed by atoms with Crippen LogP contribution in [0, 0.1) is 6.92 Å². The highest BCUT2D eigenvalue weighted by molar-refractivity contribution is 5.20. The minimum Gasteiger partial charge on any atom is -0.463 e. The molecule has 4 nitrogen and oxygen atoms in total. The Morgan fingerprint density at radius 3 is 2.76 bits per heavy atom. The van der Waals surface area contributed by atoms with E-state index in [2.05, 4.69) is 48.9 Å². The van der Waals surface area contributed by atoms with Crippen LogP contribution in [0.5, 0.6) is 0 Å². The van der Waals surface area contributed by atoms with E-state index < -0.39 is 0 Å². The molecule has 1 aliphatic heterocycles. The Morgan fingerprint density at radius 1 is 1.33 bits per heavy atom. The lowest BCUT2D eigenvalue weighted by atomic mass is 10.2. The predicted molar refractivity (Wildman–Crippen MR) is 87.4 cm³/mol. The van der Waals surface area contributed by atoms with Crippen LogP contribution in [0.3, 0.4) is 0 Å². The van der Waals surface area contributed by atoms with E-state index in [1.165, 1.54) is 25.1 Å². The van der Waals surface area contributed by atoms with Gasteiger partial charge in [0.2, 0.25) is 0 Å². The summed E-state index contributed by atoms with van der Waals surface area (Å²) in [6.07, 6.45) is 1.28. The largest absolute Gasteiger partial charge is 0.463 e. The van der Waals surface area contributed by atoms with Crippen LogP contribution in [-0.2, 0) is 13.1 Å². The number of furan rings is 1. The minimum absolute atomic E-state index is 0.720. The summed E-state index contributed by atoms with van der Waals surface area (Å²) in [5, 5.41) is 3.34. The van der Waals surface area contributed by atoms with Gasteiger partial charge in [-0.2, -0.15) is 0 Å². The molecule has 1 fully saturated rings. The monoisotopic (exact) mass is 293 g/mol. The average Bonchev–Trinajstić information content (AvgIpc) is 3.06. The van der Waals surface area contributed by atoms with Gasteiger partial charge >= 0.3 is 0 Å². The third-order valence-electron chi connectivity index (χ3n) is 4.56. The van der Waals surface area contributed by atoms with Gasteiger partial charge in [-0.3, -0.25) is 9.80 Å². The highest BCUT2D eigenvalue weighted by atomic mass is 16.3. The van der Waals surface area contributed by atoms with Crippen molar-refractivity contribution in [3.8, 4) is 0 Å². The van der Waals surface area contributed by atoms with Gasteiger partial charge < -0.3 is 9.73 Å². The number of nitrogens with zero attached hydrogens (tertiary/aromatic N) is 2. The van der Waals surface area contributed by atoms with Crippen LogP contribution in [-0.4, -0.2) is 48.6 Å². The maximum atomic E-state index is 6.01. The lowest BCUT2D eigenvalue weighted by Crippen LogP contribution is -2.37. The molecule has 0 amide bonds. The van der Waals surface area contributed by atoms with E-state index in [1.807, 2.05) is 0 Å². The van der Waals surface area contributed by atoms with Crippen molar-refractivity contribution in [3.05, 3.63) is 23.2 Å². The Morgan fingerprint density at radius 2 is 2.10 bits per heavy atom. The zero-order valence-electron chi connectivity index (χ0n) is 14.1. The Kier molecular flexibility index (Phi) is 6.27. The van der Waals surface area contributed by atoms with E-state index in [4.69, 9.17) is 4.42 Å². The lowest BCUT2D eigenvalue weighted by molar-refractivity contribution is 0.204. The second-order valence-electron chi connectivity index (χ2n) is 6.00. The molecule has 120 valence electrons. The van der Waals surface area contributed by atoms with Crippen LogP contribution in [0.1, 0.15) is 44.3 Å². The zero-order chi connectivity index (χ0) is 15.2. The van der Waals surface area contributed by atoms with E-state index in [-0.39, 0.29) is 0 Å². The van der Waals surface area contributed by atoms with Crippen molar-refractivity contribution in [2.45, 2.75) is 53.2 Å². The number of aryl methyl sites for hydroxylation is 1. The summed E-state index contributed by atoms with van der Waals surface area (Å²) >= 11 is 0. The molecule has 0 radical (unpaired) electrons. The Balaban J connectivity index is 1.88. The van der Waals surface area contributed by atoms with Crippen molar-refractivity contribution in [1.82, 2.24) is 15.1 Å². The Bertz CT molecular complexity index is 426. The molecule has 0 saturated carbocycles. The van der Waals surface area contributed by atoms with E-state index in [0.29, 0.717) is 0 Å². The summed E-state index contributed by atoms with van der Waals surface area (Å²) in [5.74, 6) is 2.20. The summed E-state index contributed by atoms with van der Waals surface area (Å²) < 4.78 is 6.01. The molecular formula is C17H31N3O. The molecule has 4 heteroatoms. The van der Waals surface area contributed by atoms with Gasteiger partial charge in [0, 0.05) is 19.1 Å². The topological polar surface area (TPSA) is 31.7 Å². The Labute approximate surface area is 129 Å². The maximum absolute atomic E-state index is 6.01. The number of likely N-dealkylation sites (N-methyl/N-ethyl adjacent to an activating group) is 1. The summed E-state index contributed by atoms with van der Waals surface area (Å²) in [7, 11) is 0. The van der Waals surface area contributed by atoms with Crippen molar-refractivity contribution in [3.63, 3.8) is 0 Å². The Hall–Kier alpha value is -0.840. The van der Waals surface area contributed by atoms with Crippen LogP contribution in [0.25, 0.3) is 0 Å². The van der Waals surface area contributed by atoms with Gasteiger partial charge in [0.1, 0.15) is 11.5 Å². The fourth-order valence-electron chi connectivity index (χ4n) is 3.30. The molecule has 1 saturated heterocycles. The summed E-state index contributed by atoms with van der Waals surface area (Å²) in [6, 6.07) is 2.93. The van der Waals surface area contributed by atoms with Crippen molar-refractivity contribution < 1.29 is 4.42 Å². The summed E-state index contributed by atoms with van der Waals surface area (Å²) in [6.45, 7) is 16.2. The third kappa shape index (κ3) is 4.31. The highest BCUT2D eigenvalue weighted by Gasteiger charge is 2.26. The smallest absolute Gasteiger partial charge is 0.120 e. The first-order valence-corrected chi connectivity index (χ1v) is 8.43. The minimum atomic E-state index is 0.720. The quantitative estimate of drug-likeness (QED) is 0.798. The zero-order valence-corrected chi connectivity index (χ0v) is 14.1. The standard InChI is InChI=1S/C17H31N3O/c1-5-18-11-17-14(4)10-16(21-17)13-19-9-8-15(12-19)20(6-2)7-3/h10,15,18H,5-9,11-13H2,1-4H3. The lowest BCUT2D eigenvalue weighted by Gasteiger charge is -2.26. The first-order valence-electron chi connectivity index (χ1n) is 8.43. The van der Waals surface area contributed by atoms with Crippen molar-refractivity contribution in [2.75, 3.05) is 32.7 Å². The van der Waals surface area contributed by atoms with E-state index >= 15 is 0 Å². The van der Waals surface area contributed by atoms with Crippen LogP contribution >= 0.6 is 0 Å². The summed E-state index contributed by atoms with van der Waals surface area (Å²) in [4.78, 5) is 5.10. The molecule has 1 atom stereocenters. The van der Waals surface area contributed by atoms with Crippen molar-refractivity contribution >= 4 is 0 Å². The summed E-state index contributed by atoms with van der Waals surface area (Å²) in [5.41, 5.74) is 1.27. The normalized spacial score (nSPS) is 19.8. The molecule has 0 aliphatic carbocycles. The molecule has 1 N–H and O–H groups in total. The van der Waals surface area contributed by atoms with Gasteiger partial charge in [-0.1, -0.05) is 20.8 Å². The third-order valence-corrected chi connectivity index (χ3v) is 4.56. The average molecular weight is 293 g/mol. The highest BCUT2D eigenvalue weighted by Crippen LogP contribution is 2.21. The molecule has 0 aromatic carbocycles. The second-order valence-corrected chi connectivity index (χ2v) is 6.00. The van der Waals surface area contributed by atoms with Crippen molar-refractivity contribution in [2.24, 2.45) is 0 Å². The van der Waals surface area contributed by atoms with Gasteiger partial charge in [0.15, 0.2) is 0 Å². The fraction of sp³-hybridized carbons (Fsp3) is 0.765. The fourth-order valence-corrected chi connectivity index (χ4v) is 3.30. The van der Waals surface area contributed by atoms with Crippen LogP contribution < -0.4 is 5.32 Å². The molecule has 0 bridgehead atoms. The van der Waals surface area contributed by atoms with Crippen LogP contribution in [0.4, 0.5) is 0 Å². The molecule has 1 unspecified atom stereocenters. The molecular weight excluding hydrogens is 262 g/mol. The van der Waals surface area contributed by atoms with E-state index in [1.54, 1.807) is 0 Å². The first-order chi connectivity index (χ1) is 10.2. The molecule has 2 heterocycles. The van der Waals surface area contributed by atoms with Gasteiger partial charge in [-0.25, -0.2) is 0 Å². The van der Waals surface area contributed by atoms with Crippen LogP contribution in [0.2, 0.25) is 0 Å². The molecule has 2 rings (SSSR count). The van der Waals surface area contributed by atoms with Gasteiger partial charge in [-0.05, 0) is 44.6 Å². The van der Waals surface area contributed by atoms with E-state index in [0.717, 1.165) is 50.3 Å². The molecule has 0 spiro atoms. The number of nitrogens with one attached hydrogen (secondary N) is 1. The number of hydrogen-bond acceptors (Lipinski definition) is 4. The van der Waals surface area contributed by atoms with E-state index in [9.17, 15) is 0 Å². The SMILES string of the molecule is CCNCc1oc(CN2CCC(N(CC)CC)C2)cc1C. The van der Waals surface area contributed by atoms with Crippen molar-refractivity contribution in [1.29, 1.82) is 0 Å². The first kappa shape index (κ1) is 16.5. The van der Waals surface area contributed by atoms with Gasteiger partial charge in [0.05, 0.1) is 13.1 Å². The predicted octanol–water partition coefficient (Wildman–Crippen LogP) is 2.61. The molecule has 1 aliphatic rings. The molecule has 1 aromatic rings. The number of hydrogen-bond donors (Lipinski definition) is 1. The van der Waals surface area contributed by atoms with Crippen LogP contribution in [0.15, 0.2) is 10.5 Å². The number of rotatable bonds is 8. The van der Waals surface area contributed by atoms with Gasteiger partial charge in [-0.15, -0.1) is 0 Å². The molecule has 1 aromatic heterocycles. The second kappa shape index (κ2) is 7.97. The molecule has 21 heavy (non-hydrogen) atoms. The number of likely N-dealkylation sites (tertiary alicyclic amines) is 1. The maximum Gasteiger partial charge on any atom is 0.120 e. The van der Waals surface area contributed by atoms with Gasteiger partial charge in [0.25, 0.3) is 0 Å².